The third-order valence-corrected chi connectivity index (χ3v) is 5.28. The van der Waals surface area contributed by atoms with E-state index in [1.54, 1.807) is 0 Å². The van der Waals surface area contributed by atoms with Crippen molar-refractivity contribution in [2.24, 2.45) is 5.92 Å². The molecule has 25 heavy (non-hydrogen) atoms. The Bertz CT molecular complexity index is 759. The van der Waals surface area contributed by atoms with Gasteiger partial charge in [0.2, 0.25) is 5.91 Å². The Labute approximate surface area is 145 Å². The number of hydrogen-bond acceptors (Lipinski definition) is 4. The molecule has 136 valence electrons. The number of nitrogens with one attached hydrogen (secondary N) is 1. The monoisotopic (exact) mass is 375 g/mol. The van der Waals surface area contributed by atoms with Crippen LogP contribution in [0.1, 0.15) is 19.3 Å². The van der Waals surface area contributed by atoms with E-state index >= 15 is 0 Å². The number of anilines is 1. The molecule has 0 unspecified atom stereocenters. The van der Waals surface area contributed by atoms with Gasteiger partial charge in [0.15, 0.2) is 10.9 Å². The highest BCUT2D eigenvalue weighted by Gasteiger charge is 2.24. The molecule has 0 bridgehead atoms. The predicted octanol–water partition coefficient (Wildman–Crippen LogP) is 3.56. The van der Waals surface area contributed by atoms with Crippen molar-refractivity contribution >= 4 is 32.6 Å². The minimum absolute atomic E-state index is 0.123. The van der Waals surface area contributed by atoms with Crippen molar-refractivity contribution < 1.29 is 22.4 Å². The number of nitrogens with zero attached hydrogens (tertiary/aromatic N) is 2. The number of hydrogen-bond donors (Lipinski definition) is 1. The summed E-state index contributed by atoms with van der Waals surface area (Å²) in [5.74, 6) is -1.55. The molecule has 1 aromatic carbocycles. The maximum absolute atomic E-state index is 13.8. The zero-order valence-corrected chi connectivity index (χ0v) is 14.1. The quantitative estimate of drug-likeness (QED) is 0.813. The maximum Gasteiger partial charge on any atom is 0.255 e. The molecule has 1 N–H and O–H groups in total. The fraction of sp³-hybridized carbons (Fsp3) is 0.500. The number of rotatable bonds is 5. The summed E-state index contributed by atoms with van der Waals surface area (Å²) < 4.78 is 51.6. The van der Waals surface area contributed by atoms with Crippen LogP contribution in [0.5, 0.6) is 0 Å². The van der Waals surface area contributed by atoms with Crippen LogP contribution < -0.4 is 10.2 Å². The lowest BCUT2D eigenvalue weighted by atomic mass is 9.93. The molecule has 0 spiro atoms. The van der Waals surface area contributed by atoms with Gasteiger partial charge < -0.3 is 10.2 Å². The molecule has 1 amide bonds. The number of piperidine rings is 1. The molecule has 0 aliphatic carbocycles. The number of carbonyl (C=O) groups excluding carboxylic acids is 1. The molecular formula is C16H17F4N3OS. The van der Waals surface area contributed by atoms with Gasteiger partial charge in [-0.1, -0.05) is 11.3 Å². The van der Waals surface area contributed by atoms with Crippen molar-refractivity contribution in [3.05, 3.63) is 23.8 Å². The topological polar surface area (TPSA) is 45.2 Å². The van der Waals surface area contributed by atoms with Crippen LogP contribution >= 0.6 is 11.3 Å². The lowest BCUT2D eigenvalue weighted by Crippen LogP contribution is -2.36. The van der Waals surface area contributed by atoms with Crippen LogP contribution in [0.4, 0.5) is 22.7 Å². The zero-order chi connectivity index (χ0) is 18.0. The zero-order valence-electron chi connectivity index (χ0n) is 13.3. The second-order valence-corrected chi connectivity index (χ2v) is 7.07. The number of halogens is 4. The molecule has 1 fully saturated rings. The standard InChI is InChI=1S/C16H17F4N3OS/c17-10-6-11(18)15-12(7-10)25-16(22-15)23-3-1-9(2-4-23)5-14(24)21-8-13(19)20/h6-7,9,13H,1-5,8H2,(H,21,24). The first-order chi connectivity index (χ1) is 11.9. The number of thiazole rings is 1. The van der Waals surface area contributed by atoms with Gasteiger partial charge in [0, 0.05) is 25.6 Å². The molecule has 2 aromatic rings. The third-order valence-electron chi connectivity index (χ3n) is 4.21. The van der Waals surface area contributed by atoms with Gasteiger partial charge in [-0.3, -0.25) is 4.79 Å². The van der Waals surface area contributed by atoms with Crippen LogP contribution in [0.15, 0.2) is 12.1 Å². The Balaban J connectivity index is 1.57. The van der Waals surface area contributed by atoms with Crippen LogP contribution in [0.3, 0.4) is 0 Å². The Hall–Kier alpha value is -1.90. The van der Waals surface area contributed by atoms with Crippen molar-refractivity contribution in [1.29, 1.82) is 0 Å². The lowest BCUT2D eigenvalue weighted by Gasteiger charge is -2.31. The van der Waals surface area contributed by atoms with Gasteiger partial charge in [0.05, 0.1) is 11.2 Å². The highest BCUT2D eigenvalue weighted by atomic mass is 32.1. The number of aromatic nitrogens is 1. The summed E-state index contributed by atoms with van der Waals surface area (Å²) in [7, 11) is 0. The van der Waals surface area contributed by atoms with E-state index in [2.05, 4.69) is 10.3 Å². The largest absolute Gasteiger partial charge is 0.350 e. The molecule has 0 radical (unpaired) electrons. The number of amides is 1. The predicted molar refractivity (Wildman–Crippen MR) is 88.1 cm³/mol. The van der Waals surface area contributed by atoms with Crippen LogP contribution in [0.25, 0.3) is 10.2 Å². The highest BCUT2D eigenvalue weighted by Crippen LogP contribution is 2.33. The molecule has 4 nitrogen and oxygen atoms in total. The van der Waals surface area contributed by atoms with Gasteiger partial charge in [-0.05, 0) is 24.8 Å². The molecule has 2 heterocycles. The van der Waals surface area contributed by atoms with Gasteiger partial charge in [-0.15, -0.1) is 0 Å². The number of benzene rings is 1. The van der Waals surface area contributed by atoms with E-state index in [0.717, 1.165) is 18.9 Å². The smallest absolute Gasteiger partial charge is 0.255 e. The van der Waals surface area contributed by atoms with E-state index in [9.17, 15) is 22.4 Å². The molecule has 0 saturated carbocycles. The van der Waals surface area contributed by atoms with E-state index in [0.29, 0.717) is 22.9 Å². The second kappa shape index (κ2) is 7.55. The molecule has 0 atom stereocenters. The number of fused-ring (bicyclic) bond motifs is 1. The van der Waals surface area contributed by atoms with Crippen molar-refractivity contribution in [2.75, 3.05) is 24.5 Å². The Morgan fingerprint density at radius 3 is 2.72 bits per heavy atom. The van der Waals surface area contributed by atoms with Crippen LogP contribution in [-0.4, -0.2) is 37.0 Å². The van der Waals surface area contributed by atoms with Gasteiger partial charge in [0.25, 0.3) is 6.43 Å². The molecule has 1 aliphatic heterocycles. The van der Waals surface area contributed by atoms with E-state index < -0.39 is 24.6 Å². The number of alkyl halides is 2. The SMILES string of the molecule is O=C(CC1CCN(c2nc3c(F)cc(F)cc3s2)CC1)NCC(F)F. The maximum atomic E-state index is 13.8. The molecule has 1 aromatic heterocycles. The van der Waals surface area contributed by atoms with Crippen LogP contribution in [0.2, 0.25) is 0 Å². The fourth-order valence-corrected chi connectivity index (χ4v) is 3.99. The van der Waals surface area contributed by atoms with Crippen LogP contribution in [-0.2, 0) is 4.79 Å². The minimum atomic E-state index is -2.55. The average molecular weight is 375 g/mol. The molecule has 1 saturated heterocycles. The summed E-state index contributed by atoms with van der Waals surface area (Å²) in [5.41, 5.74) is 0.162. The highest BCUT2D eigenvalue weighted by molar-refractivity contribution is 7.22. The summed E-state index contributed by atoms with van der Waals surface area (Å²) in [6.45, 7) is 0.652. The fourth-order valence-electron chi connectivity index (χ4n) is 2.93. The van der Waals surface area contributed by atoms with Crippen molar-refractivity contribution in [3.8, 4) is 0 Å². The van der Waals surface area contributed by atoms with Crippen LogP contribution in [0, 0.1) is 17.6 Å². The van der Waals surface area contributed by atoms with Gasteiger partial charge in [0.1, 0.15) is 11.3 Å². The van der Waals surface area contributed by atoms with Crippen molar-refractivity contribution in [2.45, 2.75) is 25.7 Å². The molecule has 3 rings (SSSR count). The van der Waals surface area contributed by atoms with Crippen molar-refractivity contribution in [1.82, 2.24) is 10.3 Å². The normalized spacial score (nSPS) is 16.0. The third kappa shape index (κ3) is 4.39. The first kappa shape index (κ1) is 17.9. The first-order valence-corrected chi connectivity index (χ1v) is 8.79. The lowest BCUT2D eigenvalue weighted by molar-refractivity contribution is -0.122. The summed E-state index contributed by atoms with van der Waals surface area (Å²) >= 11 is 1.23. The van der Waals surface area contributed by atoms with Gasteiger partial charge in [-0.25, -0.2) is 22.5 Å². The Morgan fingerprint density at radius 2 is 2.04 bits per heavy atom. The summed E-state index contributed by atoms with van der Waals surface area (Å²) in [5, 5.41) is 2.84. The Morgan fingerprint density at radius 1 is 1.32 bits per heavy atom. The minimum Gasteiger partial charge on any atom is -0.350 e. The molecule has 1 aliphatic rings. The van der Waals surface area contributed by atoms with Gasteiger partial charge in [-0.2, -0.15) is 0 Å². The summed E-state index contributed by atoms with van der Waals surface area (Å²) in [4.78, 5) is 17.8. The molecule has 9 heteroatoms. The van der Waals surface area contributed by atoms with Gasteiger partial charge >= 0.3 is 0 Å². The van der Waals surface area contributed by atoms with E-state index in [-0.39, 0.29) is 23.8 Å². The summed E-state index contributed by atoms with van der Waals surface area (Å²) in [6.07, 6.45) is -0.890. The Kier molecular flexibility index (Phi) is 5.41. The van der Waals surface area contributed by atoms with E-state index in [1.165, 1.54) is 17.4 Å². The molecular weight excluding hydrogens is 358 g/mol. The first-order valence-electron chi connectivity index (χ1n) is 7.97. The number of carbonyl (C=O) groups is 1. The average Bonchev–Trinajstić information content (AvgIpc) is 2.98. The second-order valence-electron chi connectivity index (χ2n) is 6.06. The van der Waals surface area contributed by atoms with E-state index in [4.69, 9.17) is 0 Å². The van der Waals surface area contributed by atoms with E-state index in [1.807, 2.05) is 4.90 Å². The van der Waals surface area contributed by atoms with Crippen molar-refractivity contribution in [3.63, 3.8) is 0 Å². The summed E-state index contributed by atoms with van der Waals surface area (Å²) in [6, 6.07) is 2.08.